The normalized spacial score (nSPS) is 12.7. The van der Waals surface area contributed by atoms with Crippen LogP contribution in [-0.2, 0) is 5.41 Å². The summed E-state index contributed by atoms with van der Waals surface area (Å²) in [6.07, 6.45) is 0. The van der Waals surface area contributed by atoms with Crippen LogP contribution in [0.15, 0.2) is 229 Å². The predicted octanol–water partition coefficient (Wildman–Crippen LogP) is 14.8. The Kier molecular flexibility index (Phi) is 7.75. The van der Waals surface area contributed by atoms with E-state index in [0.29, 0.717) is 0 Å². The molecular weight excluding hydrogens is 691 g/mol. The van der Waals surface area contributed by atoms with E-state index < -0.39 is 5.41 Å². The summed E-state index contributed by atoms with van der Waals surface area (Å²) >= 11 is 0. The Bertz CT molecular complexity index is 3010. The molecule has 0 saturated heterocycles. The summed E-state index contributed by atoms with van der Waals surface area (Å²) in [5.74, 6) is 0. The molecule has 0 saturated carbocycles. The van der Waals surface area contributed by atoms with E-state index in [2.05, 4.69) is 229 Å². The lowest BCUT2D eigenvalue weighted by atomic mass is 9.67. The van der Waals surface area contributed by atoms with Gasteiger partial charge in [-0.15, -0.1) is 0 Å². The third kappa shape index (κ3) is 5.26. The van der Waals surface area contributed by atoms with Gasteiger partial charge in [0.1, 0.15) is 11.2 Å². The standard InChI is InChI=1S/C55H37NO/c1-4-16-38(17-5-1)39-30-33-44(34-31-39)56(43-21-8-3-9-22-43)45-23-14-18-40(36-45)46-26-15-27-50-49-35-32-42(37-53(49)57-54(46)50)55(41-19-6-2-7-20-41)51-28-12-10-24-47(51)48-25-11-13-29-52(48)55/h1-37H. The quantitative estimate of drug-likeness (QED) is 0.163. The van der Waals surface area contributed by atoms with Crippen molar-refractivity contribution in [3.63, 3.8) is 0 Å². The van der Waals surface area contributed by atoms with Gasteiger partial charge in [-0.2, -0.15) is 0 Å². The van der Waals surface area contributed by atoms with Crippen molar-refractivity contribution in [3.8, 4) is 33.4 Å². The van der Waals surface area contributed by atoms with Crippen LogP contribution in [0, 0.1) is 0 Å². The molecule has 0 radical (unpaired) electrons. The summed E-state index contributed by atoms with van der Waals surface area (Å²) in [6, 6.07) is 80.8. The fourth-order valence-electron chi connectivity index (χ4n) is 9.24. The molecule has 9 aromatic carbocycles. The van der Waals surface area contributed by atoms with Crippen LogP contribution in [0.25, 0.3) is 55.3 Å². The van der Waals surface area contributed by atoms with Gasteiger partial charge in [0.05, 0.1) is 5.41 Å². The summed E-state index contributed by atoms with van der Waals surface area (Å²) in [7, 11) is 0. The summed E-state index contributed by atoms with van der Waals surface area (Å²) in [5.41, 5.74) is 16.7. The number of anilines is 3. The minimum atomic E-state index is -0.487. The number of hydrogen-bond acceptors (Lipinski definition) is 2. The van der Waals surface area contributed by atoms with E-state index in [-0.39, 0.29) is 0 Å². The SMILES string of the molecule is c1ccc(-c2ccc(N(c3ccccc3)c3cccc(-c4cccc5c4oc4cc(C6(c7ccccc7)c7ccccc7-c7ccccc76)ccc45)c3)cc2)cc1. The van der Waals surface area contributed by atoms with E-state index in [1.807, 2.05) is 0 Å². The molecule has 2 heteroatoms. The molecule has 1 heterocycles. The maximum Gasteiger partial charge on any atom is 0.143 e. The van der Waals surface area contributed by atoms with Crippen molar-refractivity contribution < 1.29 is 4.42 Å². The highest BCUT2D eigenvalue weighted by Gasteiger charge is 2.46. The number of furan rings is 1. The topological polar surface area (TPSA) is 16.4 Å². The lowest BCUT2D eigenvalue weighted by molar-refractivity contribution is 0.666. The predicted molar refractivity (Wildman–Crippen MR) is 237 cm³/mol. The lowest BCUT2D eigenvalue weighted by Crippen LogP contribution is -2.28. The molecule has 0 bridgehead atoms. The van der Waals surface area contributed by atoms with Crippen molar-refractivity contribution in [3.05, 3.63) is 247 Å². The molecule has 1 aromatic heterocycles. The maximum atomic E-state index is 7.01. The molecule has 0 fully saturated rings. The molecular formula is C55H37NO. The molecule has 0 amide bonds. The summed E-state index contributed by atoms with van der Waals surface area (Å²) < 4.78 is 7.01. The molecule has 0 atom stereocenters. The van der Waals surface area contributed by atoms with Gasteiger partial charge >= 0.3 is 0 Å². The van der Waals surface area contributed by atoms with Gasteiger partial charge in [0, 0.05) is 33.4 Å². The van der Waals surface area contributed by atoms with Crippen LogP contribution >= 0.6 is 0 Å². The minimum absolute atomic E-state index is 0.487. The second-order valence-corrected chi connectivity index (χ2v) is 14.8. The average Bonchev–Trinajstić information content (AvgIpc) is 3.82. The van der Waals surface area contributed by atoms with Crippen molar-refractivity contribution in [1.29, 1.82) is 0 Å². The van der Waals surface area contributed by atoms with Crippen LogP contribution in [-0.4, -0.2) is 0 Å². The number of para-hydroxylation sites is 2. The molecule has 1 aliphatic carbocycles. The third-order valence-electron chi connectivity index (χ3n) is 11.8. The van der Waals surface area contributed by atoms with Gasteiger partial charge < -0.3 is 9.32 Å². The van der Waals surface area contributed by atoms with Crippen molar-refractivity contribution >= 4 is 39.0 Å². The number of benzene rings is 9. The van der Waals surface area contributed by atoms with Crippen molar-refractivity contribution in [2.75, 3.05) is 4.90 Å². The molecule has 0 N–H and O–H groups in total. The molecule has 2 nitrogen and oxygen atoms in total. The number of hydrogen-bond donors (Lipinski definition) is 0. The van der Waals surface area contributed by atoms with E-state index in [0.717, 1.165) is 50.1 Å². The fourth-order valence-corrected chi connectivity index (χ4v) is 9.24. The monoisotopic (exact) mass is 727 g/mol. The summed E-state index contributed by atoms with van der Waals surface area (Å²) in [5, 5.41) is 2.22. The Morgan fingerprint density at radius 3 is 1.60 bits per heavy atom. The Labute approximate surface area is 332 Å². The molecule has 57 heavy (non-hydrogen) atoms. The van der Waals surface area contributed by atoms with Gasteiger partial charge in [-0.25, -0.2) is 0 Å². The van der Waals surface area contributed by atoms with Crippen LogP contribution in [0.5, 0.6) is 0 Å². The first-order valence-electron chi connectivity index (χ1n) is 19.6. The zero-order valence-electron chi connectivity index (χ0n) is 31.2. The van der Waals surface area contributed by atoms with E-state index >= 15 is 0 Å². The van der Waals surface area contributed by atoms with Gasteiger partial charge in [-0.1, -0.05) is 182 Å². The van der Waals surface area contributed by atoms with Gasteiger partial charge in [0.2, 0.25) is 0 Å². The zero-order valence-corrected chi connectivity index (χ0v) is 31.2. The number of fused-ring (bicyclic) bond motifs is 6. The largest absolute Gasteiger partial charge is 0.455 e. The number of rotatable bonds is 7. The zero-order chi connectivity index (χ0) is 37.8. The highest BCUT2D eigenvalue weighted by atomic mass is 16.3. The first-order valence-corrected chi connectivity index (χ1v) is 19.6. The minimum Gasteiger partial charge on any atom is -0.455 e. The van der Waals surface area contributed by atoms with E-state index in [9.17, 15) is 0 Å². The van der Waals surface area contributed by atoms with E-state index in [1.54, 1.807) is 0 Å². The third-order valence-corrected chi connectivity index (χ3v) is 11.8. The molecule has 0 unspecified atom stereocenters. The van der Waals surface area contributed by atoms with E-state index in [1.165, 1.54) is 44.5 Å². The summed E-state index contributed by atoms with van der Waals surface area (Å²) in [4.78, 5) is 2.32. The first kappa shape index (κ1) is 33.0. The van der Waals surface area contributed by atoms with Crippen LogP contribution in [0.1, 0.15) is 22.3 Å². The van der Waals surface area contributed by atoms with Crippen molar-refractivity contribution in [2.24, 2.45) is 0 Å². The van der Waals surface area contributed by atoms with Crippen molar-refractivity contribution in [1.82, 2.24) is 0 Å². The molecule has 0 spiro atoms. The van der Waals surface area contributed by atoms with Gasteiger partial charge in [0.15, 0.2) is 0 Å². The Balaban J connectivity index is 1.05. The van der Waals surface area contributed by atoms with Gasteiger partial charge in [-0.3, -0.25) is 0 Å². The van der Waals surface area contributed by atoms with Gasteiger partial charge in [0.25, 0.3) is 0 Å². The van der Waals surface area contributed by atoms with Crippen LogP contribution < -0.4 is 4.90 Å². The second-order valence-electron chi connectivity index (χ2n) is 14.8. The first-order chi connectivity index (χ1) is 28.3. The molecule has 0 aliphatic heterocycles. The molecule has 268 valence electrons. The van der Waals surface area contributed by atoms with Crippen molar-refractivity contribution in [2.45, 2.75) is 5.41 Å². The highest BCUT2D eigenvalue weighted by Crippen LogP contribution is 2.56. The summed E-state index contributed by atoms with van der Waals surface area (Å²) in [6.45, 7) is 0. The molecule has 1 aliphatic rings. The average molecular weight is 728 g/mol. The second kappa shape index (κ2) is 13.4. The van der Waals surface area contributed by atoms with Crippen LogP contribution in [0.4, 0.5) is 17.1 Å². The maximum absolute atomic E-state index is 7.01. The molecule has 10 aromatic rings. The fraction of sp³-hybridized carbons (Fsp3) is 0.0182. The Morgan fingerprint density at radius 2 is 0.877 bits per heavy atom. The smallest absolute Gasteiger partial charge is 0.143 e. The van der Waals surface area contributed by atoms with Gasteiger partial charge in [-0.05, 0) is 92.5 Å². The van der Waals surface area contributed by atoms with Crippen LogP contribution in [0.2, 0.25) is 0 Å². The van der Waals surface area contributed by atoms with Crippen LogP contribution in [0.3, 0.4) is 0 Å². The Hall–Kier alpha value is -7.42. The lowest BCUT2D eigenvalue weighted by Gasteiger charge is -2.33. The highest BCUT2D eigenvalue weighted by molar-refractivity contribution is 6.10. The number of nitrogens with zero attached hydrogens (tertiary/aromatic N) is 1. The molecule has 11 rings (SSSR count). The Morgan fingerprint density at radius 1 is 0.333 bits per heavy atom. The van der Waals surface area contributed by atoms with E-state index in [4.69, 9.17) is 4.42 Å².